The molecular weight excluding hydrogens is 143 g/mol. The van der Waals surface area contributed by atoms with Crippen molar-refractivity contribution in [3.05, 3.63) is 35.1 Å². The highest BCUT2D eigenvalue weighted by Gasteiger charge is 1.95. The summed E-state index contributed by atoms with van der Waals surface area (Å²) in [5.74, 6) is 4.72. The van der Waals surface area contributed by atoms with Gasteiger partial charge in [-0.3, -0.25) is 0 Å². The Balaban J connectivity index is 3.05. The highest BCUT2D eigenvalue weighted by Crippen LogP contribution is 2.06. The van der Waals surface area contributed by atoms with Crippen LogP contribution in [0.25, 0.3) is 0 Å². The molecule has 0 saturated carbocycles. The minimum atomic E-state index is -0.209. The van der Waals surface area contributed by atoms with E-state index in [1.54, 1.807) is 19.1 Å². The van der Waals surface area contributed by atoms with Gasteiger partial charge in [-0.1, -0.05) is 6.07 Å². The van der Waals surface area contributed by atoms with Gasteiger partial charge in [-0.2, -0.15) is 5.10 Å². The van der Waals surface area contributed by atoms with E-state index in [0.29, 0.717) is 5.56 Å². The number of hydrogen-bond acceptors (Lipinski definition) is 2. The van der Waals surface area contributed by atoms with E-state index in [-0.39, 0.29) is 5.82 Å². The molecule has 2 N–H and O–H groups in total. The van der Waals surface area contributed by atoms with Crippen LogP contribution in [-0.2, 0) is 0 Å². The summed E-state index contributed by atoms with van der Waals surface area (Å²) in [7, 11) is 0. The molecule has 0 bridgehead atoms. The second-order valence-corrected chi connectivity index (χ2v) is 2.29. The molecule has 0 atom stereocenters. The SMILES string of the molecule is Cc1cc(/C=N/N)ccc1F. The first-order valence-electron chi connectivity index (χ1n) is 3.23. The maximum absolute atomic E-state index is 12.7. The number of nitrogens with two attached hydrogens (primary N) is 1. The molecule has 0 aromatic heterocycles. The molecule has 2 nitrogen and oxygen atoms in total. The summed E-state index contributed by atoms with van der Waals surface area (Å²) in [4.78, 5) is 0. The number of nitrogens with zero attached hydrogens (tertiary/aromatic N) is 1. The van der Waals surface area contributed by atoms with Gasteiger partial charge >= 0.3 is 0 Å². The van der Waals surface area contributed by atoms with Gasteiger partial charge in [0.2, 0.25) is 0 Å². The zero-order chi connectivity index (χ0) is 8.27. The molecule has 1 aromatic carbocycles. The molecule has 0 aliphatic carbocycles. The van der Waals surface area contributed by atoms with Crippen LogP contribution in [0.5, 0.6) is 0 Å². The first-order chi connectivity index (χ1) is 5.24. The highest BCUT2D eigenvalue weighted by molar-refractivity contribution is 5.79. The summed E-state index contributed by atoms with van der Waals surface area (Å²) in [5.41, 5.74) is 1.41. The lowest BCUT2D eigenvalue weighted by Crippen LogP contribution is -1.89. The average molecular weight is 152 g/mol. The Hall–Kier alpha value is -1.38. The lowest BCUT2D eigenvalue weighted by atomic mass is 10.1. The van der Waals surface area contributed by atoms with Gasteiger partial charge in [-0.25, -0.2) is 4.39 Å². The minimum Gasteiger partial charge on any atom is -0.323 e. The molecule has 0 spiro atoms. The van der Waals surface area contributed by atoms with Crippen LogP contribution in [-0.4, -0.2) is 6.21 Å². The van der Waals surface area contributed by atoms with E-state index >= 15 is 0 Å². The first kappa shape index (κ1) is 7.72. The van der Waals surface area contributed by atoms with Crippen molar-refractivity contribution in [3.63, 3.8) is 0 Å². The average Bonchev–Trinajstić information content (AvgIpc) is 1.98. The van der Waals surface area contributed by atoms with Crippen LogP contribution in [0.4, 0.5) is 4.39 Å². The second-order valence-electron chi connectivity index (χ2n) is 2.29. The van der Waals surface area contributed by atoms with Crippen LogP contribution in [0, 0.1) is 12.7 Å². The van der Waals surface area contributed by atoms with Crippen molar-refractivity contribution in [1.29, 1.82) is 0 Å². The van der Waals surface area contributed by atoms with Gasteiger partial charge in [0.25, 0.3) is 0 Å². The topological polar surface area (TPSA) is 38.4 Å². The van der Waals surface area contributed by atoms with E-state index in [1.165, 1.54) is 12.3 Å². The van der Waals surface area contributed by atoms with Gasteiger partial charge in [-0.05, 0) is 30.2 Å². The fraction of sp³-hybridized carbons (Fsp3) is 0.125. The predicted molar refractivity (Wildman–Crippen MR) is 42.9 cm³/mol. The summed E-state index contributed by atoms with van der Waals surface area (Å²) < 4.78 is 12.7. The van der Waals surface area contributed by atoms with Crippen LogP contribution in [0.3, 0.4) is 0 Å². The molecule has 58 valence electrons. The maximum Gasteiger partial charge on any atom is 0.126 e. The van der Waals surface area contributed by atoms with Crippen LogP contribution in [0.1, 0.15) is 11.1 Å². The highest BCUT2D eigenvalue weighted by atomic mass is 19.1. The van der Waals surface area contributed by atoms with Crippen LogP contribution in [0.2, 0.25) is 0 Å². The summed E-state index contributed by atoms with van der Waals surface area (Å²) in [6.45, 7) is 1.70. The molecule has 0 aliphatic heterocycles. The summed E-state index contributed by atoms with van der Waals surface area (Å²) in [6.07, 6.45) is 1.48. The molecule has 3 heteroatoms. The Kier molecular flexibility index (Phi) is 2.21. The molecule has 0 unspecified atom stereocenters. The zero-order valence-corrected chi connectivity index (χ0v) is 6.21. The Morgan fingerprint density at radius 1 is 1.55 bits per heavy atom. The van der Waals surface area contributed by atoms with E-state index in [1.807, 2.05) is 0 Å². The molecular formula is C8H9FN2. The van der Waals surface area contributed by atoms with Crippen LogP contribution < -0.4 is 5.84 Å². The van der Waals surface area contributed by atoms with Crippen molar-refractivity contribution in [3.8, 4) is 0 Å². The Morgan fingerprint density at radius 2 is 2.27 bits per heavy atom. The fourth-order valence-electron chi connectivity index (χ4n) is 0.834. The molecule has 11 heavy (non-hydrogen) atoms. The summed E-state index contributed by atoms with van der Waals surface area (Å²) in [6, 6.07) is 4.71. The van der Waals surface area contributed by atoms with Gasteiger partial charge in [0.1, 0.15) is 5.82 Å². The second kappa shape index (κ2) is 3.14. The first-order valence-corrected chi connectivity index (χ1v) is 3.23. The third-order valence-electron chi connectivity index (χ3n) is 1.41. The van der Waals surface area contributed by atoms with Crippen molar-refractivity contribution < 1.29 is 4.39 Å². The van der Waals surface area contributed by atoms with E-state index in [9.17, 15) is 4.39 Å². The third-order valence-corrected chi connectivity index (χ3v) is 1.41. The number of hydrogen-bond donors (Lipinski definition) is 1. The molecule has 0 aliphatic rings. The third kappa shape index (κ3) is 1.77. The van der Waals surface area contributed by atoms with Crippen molar-refractivity contribution >= 4 is 6.21 Å². The van der Waals surface area contributed by atoms with Gasteiger partial charge < -0.3 is 5.84 Å². The van der Waals surface area contributed by atoms with Gasteiger partial charge in [0.05, 0.1) is 6.21 Å². The number of rotatable bonds is 1. The van der Waals surface area contributed by atoms with Gasteiger partial charge in [0, 0.05) is 0 Å². The number of aryl methyl sites for hydroxylation is 1. The lowest BCUT2D eigenvalue weighted by molar-refractivity contribution is 0.618. The van der Waals surface area contributed by atoms with Crippen LogP contribution in [0.15, 0.2) is 23.3 Å². The van der Waals surface area contributed by atoms with Crippen molar-refractivity contribution in [2.45, 2.75) is 6.92 Å². The Labute approximate surface area is 64.5 Å². The molecule has 0 heterocycles. The summed E-state index contributed by atoms with van der Waals surface area (Å²) >= 11 is 0. The minimum absolute atomic E-state index is 0.209. The van der Waals surface area contributed by atoms with Crippen molar-refractivity contribution in [1.82, 2.24) is 0 Å². The smallest absolute Gasteiger partial charge is 0.126 e. The number of benzene rings is 1. The normalized spacial score (nSPS) is 10.7. The van der Waals surface area contributed by atoms with Gasteiger partial charge in [0.15, 0.2) is 0 Å². The fourth-order valence-corrected chi connectivity index (χ4v) is 0.834. The molecule has 0 amide bonds. The number of hydrazone groups is 1. The summed E-state index contributed by atoms with van der Waals surface area (Å²) in [5, 5.41) is 3.33. The monoisotopic (exact) mass is 152 g/mol. The quantitative estimate of drug-likeness (QED) is 0.369. The Bertz CT molecular complexity index is 281. The van der Waals surface area contributed by atoms with Gasteiger partial charge in [-0.15, -0.1) is 0 Å². The standard InChI is InChI=1S/C8H9FN2/c1-6-4-7(5-11-10)2-3-8(6)9/h2-5H,10H2,1H3/b11-5+. The number of halogens is 1. The maximum atomic E-state index is 12.7. The zero-order valence-electron chi connectivity index (χ0n) is 6.21. The molecule has 0 radical (unpaired) electrons. The predicted octanol–water partition coefficient (Wildman–Crippen LogP) is 1.43. The van der Waals surface area contributed by atoms with Crippen LogP contribution >= 0.6 is 0 Å². The van der Waals surface area contributed by atoms with E-state index in [4.69, 9.17) is 5.84 Å². The van der Waals surface area contributed by atoms with Crippen molar-refractivity contribution in [2.75, 3.05) is 0 Å². The lowest BCUT2D eigenvalue weighted by Gasteiger charge is -1.96. The van der Waals surface area contributed by atoms with E-state index in [0.717, 1.165) is 5.56 Å². The molecule has 0 fully saturated rings. The molecule has 1 aromatic rings. The Morgan fingerprint density at radius 3 is 2.82 bits per heavy atom. The largest absolute Gasteiger partial charge is 0.323 e. The van der Waals surface area contributed by atoms with E-state index in [2.05, 4.69) is 5.10 Å². The molecule has 0 saturated heterocycles. The van der Waals surface area contributed by atoms with E-state index < -0.39 is 0 Å². The molecule has 1 rings (SSSR count). The van der Waals surface area contributed by atoms with Crippen molar-refractivity contribution in [2.24, 2.45) is 10.9 Å².